The predicted octanol–water partition coefficient (Wildman–Crippen LogP) is 2.61. The normalized spacial score (nSPS) is 16.4. The number of benzene rings is 1. The molecule has 71 valence electrons. The van der Waals surface area contributed by atoms with Crippen LogP contribution in [0.5, 0.6) is 0 Å². The van der Waals surface area contributed by atoms with Gasteiger partial charge in [0.25, 0.3) is 0 Å². The molecular formula is C13H14N. The molecule has 0 saturated carbocycles. The highest BCUT2D eigenvalue weighted by Crippen LogP contribution is 2.19. The van der Waals surface area contributed by atoms with Gasteiger partial charge in [0, 0.05) is 24.3 Å². The standard InChI is InChI=1S/C13H14N/c1-2-12-6-8-13(9-7-12)14-10-4-3-5-11-14/h6-9H,3-5,10-11H2. The van der Waals surface area contributed by atoms with Crippen molar-refractivity contribution in [3.05, 3.63) is 36.3 Å². The van der Waals surface area contributed by atoms with E-state index in [2.05, 4.69) is 23.0 Å². The average Bonchev–Trinajstić information content (AvgIpc) is 2.30. The van der Waals surface area contributed by atoms with Crippen LogP contribution in [0.2, 0.25) is 0 Å². The molecule has 0 N–H and O–H groups in total. The lowest BCUT2D eigenvalue weighted by Crippen LogP contribution is -2.29. The summed E-state index contributed by atoms with van der Waals surface area (Å²) in [6, 6.07) is 8.08. The van der Waals surface area contributed by atoms with Gasteiger partial charge in [-0.05, 0) is 50.0 Å². The highest BCUT2D eigenvalue weighted by atomic mass is 15.1. The van der Waals surface area contributed by atoms with Gasteiger partial charge in [0.1, 0.15) is 0 Å². The first-order valence-corrected chi connectivity index (χ1v) is 5.18. The molecule has 1 aromatic carbocycles. The van der Waals surface area contributed by atoms with Gasteiger partial charge in [-0.3, -0.25) is 0 Å². The van der Waals surface area contributed by atoms with Gasteiger partial charge >= 0.3 is 0 Å². The molecule has 0 unspecified atom stereocenters. The lowest BCUT2D eigenvalue weighted by molar-refractivity contribution is 0.578. The summed E-state index contributed by atoms with van der Waals surface area (Å²) in [6.07, 6.45) is 11.0. The summed E-state index contributed by atoms with van der Waals surface area (Å²) in [5, 5.41) is 0. The van der Waals surface area contributed by atoms with E-state index in [0.29, 0.717) is 0 Å². The van der Waals surface area contributed by atoms with Crippen molar-refractivity contribution in [2.24, 2.45) is 0 Å². The third-order valence-electron chi connectivity index (χ3n) is 2.73. The van der Waals surface area contributed by atoms with Crippen molar-refractivity contribution in [2.75, 3.05) is 18.0 Å². The molecule has 1 aliphatic heterocycles. The summed E-state index contributed by atoms with van der Waals surface area (Å²) >= 11 is 0. The SMILES string of the molecule is [C]#Cc1ccc(N2CCCCC2)cc1. The van der Waals surface area contributed by atoms with Crippen LogP contribution in [-0.4, -0.2) is 13.1 Å². The smallest absolute Gasteiger partial charge is 0.0367 e. The average molecular weight is 184 g/mol. The molecule has 2 rings (SSSR count). The molecule has 14 heavy (non-hydrogen) atoms. The van der Waals surface area contributed by atoms with Crippen LogP contribution < -0.4 is 4.90 Å². The van der Waals surface area contributed by atoms with Crippen LogP contribution in [0, 0.1) is 12.3 Å². The highest BCUT2D eigenvalue weighted by Gasteiger charge is 2.09. The Kier molecular flexibility index (Phi) is 2.74. The van der Waals surface area contributed by atoms with Crippen LogP contribution in [0.4, 0.5) is 5.69 Å². The maximum absolute atomic E-state index is 6.99. The first-order valence-electron chi connectivity index (χ1n) is 5.18. The molecule has 0 aliphatic carbocycles. The second-order valence-electron chi connectivity index (χ2n) is 3.72. The monoisotopic (exact) mass is 184 g/mol. The van der Waals surface area contributed by atoms with Gasteiger partial charge in [0.15, 0.2) is 0 Å². The fourth-order valence-corrected chi connectivity index (χ4v) is 1.91. The van der Waals surface area contributed by atoms with Crippen molar-refractivity contribution < 1.29 is 0 Å². The summed E-state index contributed by atoms with van der Waals surface area (Å²) < 4.78 is 0. The molecule has 1 radical (unpaired) electrons. The molecule has 0 aromatic heterocycles. The van der Waals surface area contributed by atoms with Gasteiger partial charge in [0.2, 0.25) is 0 Å². The lowest BCUT2D eigenvalue weighted by Gasteiger charge is -2.28. The Morgan fingerprint density at radius 1 is 1.00 bits per heavy atom. The number of nitrogens with zero attached hydrogens (tertiary/aromatic N) is 1. The van der Waals surface area contributed by atoms with Crippen LogP contribution in [0.3, 0.4) is 0 Å². The molecule has 1 nitrogen and oxygen atoms in total. The van der Waals surface area contributed by atoms with Crippen LogP contribution >= 0.6 is 0 Å². The van der Waals surface area contributed by atoms with Crippen molar-refractivity contribution >= 4 is 5.69 Å². The fraction of sp³-hybridized carbons (Fsp3) is 0.385. The van der Waals surface area contributed by atoms with Crippen LogP contribution in [0.1, 0.15) is 24.8 Å². The van der Waals surface area contributed by atoms with E-state index >= 15 is 0 Å². The van der Waals surface area contributed by atoms with E-state index in [4.69, 9.17) is 6.42 Å². The quantitative estimate of drug-likeness (QED) is 0.606. The van der Waals surface area contributed by atoms with Gasteiger partial charge < -0.3 is 4.90 Å². The van der Waals surface area contributed by atoms with E-state index < -0.39 is 0 Å². The fourth-order valence-electron chi connectivity index (χ4n) is 1.91. The van der Waals surface area contributed by atoms with Crippen molar-refractivity contribution in [1.29, 1.82) is 0 Å². The zero-order valence-electron chi connectivity index (χ0n) is 8.29. The first-order chi connectivity index (χ1) is 6.90. The maximum atomic E-state index is 6.99. The zero-order chi connectivity index (χ0) is 9.80. The maximum Gasteiger partial charge on any atom is 0.0367 e. The van der Waals surface area contributed by atoms with Crippen molar-refractivity contribution in [2.45, 2.75) is 19.3 Å². The topological polar surface area (TPSA) is 3.24 Å². The Bertz CT molecular complexity index is 325. The van der Waals surface area contributed by atoms with Gasteiger partial charge in [-0.1, -0.05) is 5.92 Å². The Labute approximate surface area is 85.7 Å². The van der Waals surface area contributed by atoms with Crippen molar-refractivity contribution in [1.82, 2.24) is 0 Å². The van der Waals surface area contributed by atoms with Gasteiger partial charge in [0.05, 0.1) is 0 Å². The molecule has 1 saturated heterocycles. The number of anilines is 1. The van der Waals surface area contributed by atoms with E-state index in [1.54, 1.807) is 0 Å². The summed E-state index contributed by atoms with van der Waals surface area (Å²) in [4.78, 5) is 2.41. The van der Waals surface area contributed by atoms with E-state index in [9.17, 15) is 0 Å². The molecule has 1 heterocycles. The predicted molar refractivity (Wildman–Crippen MR) is 58.7 cm³/mol. The molecule has 0 amide bonds. The largest absolute Gasteiger partial charge is 0.372 e. The second kappa shape index (κ2) is 4.19. The number of hydrogen-bond acceptors (Lipinski definition) is 1. The Balaban J connectivity index is 2.12. The minimum absolute atomic E-state index is 0.853. The molecular weight excluding hydrogens is 170 g/mol. The van der Waals surface area contributed by atoms with E-state index in [1.165, 1.54) is 38.0 Å². The Hall–Kier alpha value is -1.42. The molecule has 1 fully saturated rings. The third kappa shape index (κ3) is 1.90. The molecule has 1 aromatic rings. The Morgan fingerprint density at radius 3 is 2.21 bits per heavy atom. The minimum atomic E-state index is 0.853. The van der Waals surface area contributed by atoms with Crippen molar-refractivity contribution in [3.63, 3.8) is 0 Å². The van der Waals surface area contributed by atoms with Gasteiger partial charge in [-0.2, -0.15) is 0 Å². The molecule has 0 spiro atoms. The van der Waals surface area contributed by atoms with E-state index in [0.717, 1.165) is 5.56 Å². The molecule has 0 bridgehead atoms. The lowest BCUT2D eigenvalue weighted by atomic mass is 10.1. The minimum Gasteiger partial charge on any atom is -0.372 e. The first kappa shape index (κ1) is 9.15. The molecule has 0 atom stereocenters. The summed E-state index contributed by atoms with van der Waals surface area (Å²) in [6.45, 7) is 2.35. The number of rotatable bonds is 1. The number of hydrogen-bond donors (Lipinski definition) is 0. The van der Waals surface area contributed by atoms with E-state index in [1.807, 2.05) is 12.1 Å². The van der Waals surface area contributed by atoms with Crippen molar-refractivity contribution in [3.8, 4) is 5.92 Å². The van der Waals surface area contributed by atoms with Gasteiger partial charge in [-0.15, -0.1) is 0 Å². The Morgan fingerprint density at radius 2 is 1.64 bits per heavy atom. The van der Waals surface area contributed by atoms with Crippen LogP contribution in [-0.2, 0) is 0 Å². The highest BCUT2D eigenvalue weighted by molar-refractivity contribution is 5.50. The van der Waals surface area contributed by atoms with Gasteiger partial charge in [-0.25, -0.2) is 0 Å². The summed E-state index contributed by atoms with van der Waals surface area (Å²) in [5.74, 6) is 2.39. The van der Waals surface area contributed by atoms with Crippen LogP contribution in [0.15, 0.2) is 24.3 Å². The summed E-state index contributed by atoms with van der Waals surface area (Å²) in [7, 11) is 0. The second-order valence-corrected chi connectivity index (χ2v) is 3.72. The van der Waals surface area contributed by atoms with Crippen LogP contribution in [0.25, 0.3) is 0 Å². The molecule has 1 heteroatoms. The zero-order valence-corrected chi connectivity index (χ0v) is 8.29. The number of piperidine rings is 1. The van der Waals surface area contributed by atoms with E-state index in [-0.39, 0.29) is 0 Å². The third-order valence-corrected chi connectivity index (χ3v) is 2.73. The molecule has 1 aliphatic rings. The summed E-state index contributed by atoms with van der Waals surface area (Å²) in [5.41, 5.74) is 2.13.